The van der Waals surface area contributed by atoms with Crippen LogP contribution in [0.15, 0.2) is 71.6 Å². The van der Waals surface area contributed by atoms with Gasteiger partial charge in [-0.3, -0.25) is 19.3 Å². The summed E-state index contributed by atoms with van der Waals surface area (Å²) >= 11 is 18.9. The third kappa shape index (κ3) is 6.58. The number of imide groups is 1. The van der Waals surface area contributed by atoms with Gasteiger partial charge in [0.1, 0.15) is 5.75 Å². The molecule has 6 nitrogen and oxygen atoms in total. The van der Waals surface area contributed by atoms with Crippen LogP contribution in [0.2, 0.25) is 15.1 Å². The molecule has 1 saturated heterocycles. The van der Waals surface area contributed by atoms with Crippen LogP contribution in [0.5, 0.6) is 5.75 Å². The minimum atomic E-state index is -0.384. The van der Waals surface area contributed by atoms with Gasteiger partial charge in [-0.15, -0.1) is 0 Å². The molecule has 4 rings (SSSR count). The quantitative estimate of drug-likeness (QED) is 0.326. The summed E-state index contributed by atoms with van der Waals surface area (Å²) in [5.74, 6) is -0.432. The van der Waals surface area contributed by atoms with E-state index in [0.29, 0.717) is 27.0 Å². The molecule has 0 atom stereocenters. The fraction of sp³-hybridized carbons (Fsp3) is 0.0800. The third-order valence-electron chi connectivity index (χ3n) is 4.87. The van der Waals surface area contributed by atoms with Crippen LogP contribution < -0.4 is 10.1 Å². The normalized spacial score (nSPS) is 14.5. The maximum absolute atomic E-state index is 12.8. The lowest BCUT2D eigenvalue weighted by atomic mass is 10.2. The van der Waals surface area contributed by atoms with Gasteiger partial charge < -0.3 is 10.1 Å². The Balaban J connectivity index is 1.37. The van der Waals surface area contributed by atoms with Crippen LogP contribution in [0.1, 0.15) is 11.1 Å². The lowest BCUT2D eigenvalue weighted by Gasteiger charge is -2.12. The predicted octanol–water partition coefficient (Wildman–Crippen LogP) is 6.90. The van der Waals surface area contributed by atoms with E-state index in [4.69, 9.17) is 39.5 Å². The molecule has 3 aromatic carbocycles. The largest absolute Gasteiger partial charge is 0.482 e. The minimum absolute atomic E-state index is 0.158. The van der Waals surface area contributed by atoms with Gasteiger partial charge in [0.05, 0.1) is 16.5 Å². The Hall–Kier alpha value is -2.97. The van der Waals surface area contributed by atoms with Crippen molar-refractivity contribution in [3.8, 4) is 5.75 Å². The smallest absolute Gasteiger partial charge is 0.293 e. The van der Waals surface area contributed by atoms with Gasteiger partial charge in [0.2, 0.25) is 0 Å². The zero-order valence-electron chi connectivity index (χ0n) is 18.0. The number of halogens is 3. The second-order valence-corrected chi connectivity index (χ2v) is 9.70. The van der Waals surface area contributed by atoms with Crippen molar-refractivity contribution in [1.29, 1.82) is 0 Å². The fourth-order valence-corrected chi connectivity index (χ4v) is 4.49. The maximum atomic E-state index is 12.8. The van der Waals surface area contributed by atoms with E-state index in [2.05, 4.69) is 5.32 Å². The van der Waals surface area contributed by atoms with Crippen LogP contribution in [0.3, 0.4) is 0 Å². The van der Waals surface area contributed by atoms with E-state index in [9.17, 15) is 14.4 Å². The monoisotopic (exact) mass is 546 g/mol. The number of carbonyl (C=O) groups is 3. The predicted molar refractivity (Wildman–Crippen MR) is 140 cm³/mol. The highest BCUT2D eigenvalue weighted by atomic mass is 35.5. The van der Waals surface area contributed by atoms with Crippen molar-refractivity contribution in [2.24, 2.45) is 0 Å². The molecule has 0 radical (unpaired) electrons. The Morgan fingerprint density at radius 3 is 2.26 bits per heavy atom. The molecule has 0 bridgehead atoms. The Morgan fingerprint density at radius 1 is 0.943 bits per heavy atom. The van der Waals surface area contributed by atoms with Crippen molar-refractivity contribution in [1.82, 2.24) is 4.90 Å². The summed E-state index contributed by atoms with van der Waals surface area (Å²) < 4.78 is 5.51. The first-order valence-corrected chi connectivity index (χ1v) is 12.2. The van der Waals surface area contributed by atoms with Crippen molar-refractivity contribution >= 4 is 75.4 Å². The molecule has 3 aromatic rings. The summed E-state index contributed by atoms with van der Waals surface area (Å²) in [6.07, 6.45) is 1.59. The summed E-state index contributed by atoms with van der Waals surface area (Å²) in [4.78, 5) is 38.7. The molecule has 35 heavy (non-hydrogen) atoms. The number of nitrogens with zero attached hydrogens (tertiary/aromatic N) is 1. The summed E-state index contributed by atoms with van der Waals surface area (Å²) in [6.45, 7) is -0.0872. The lowest BCUT2D eigenvalue weighted by molar-refractivity contribution is -0.123. The van der Waals surface area contributed by atoms with E-state index >= 15 is 0 Å². The highest BCUT2D eigenvalue weighted by Gasteiger charge is 2.35. The van der Waals surface area contributed by atoms with E-state index in [1.54, 1.807) is 72.8 Å². The number of carbonyl (C=O) groups excluding carboxylic acids is 3. The Bertz CT molecular complexity index is 1310. The Labute approximate surface area is 220 Å². The second-order valence-electron chi connectivity index (χ2n) is 7.43. The number of thioether (sulfide) groups is 1. The van der Waals surface area contributed by atoms with E-state index in [0.717, 1.165) is 17.3 Å². The van der Waals surface area contributed by atoms with Crippen LogP contribution >= 0.6 is 46.6 Å². The van der Waals surface area contributed by atoms with Gasteiger partial charge in [-0.25, -0.2) is 0 Å². The minimum Gasteiger partial charge on any atom is -0.482 e. The summed E-state index contributed by atoms with van der Waals surface area (Å²) in [5, 5.41) is 3.75. The van der Waals surface area contributed by atoms with E-state index in [-0.39, 0.29) is 40.1 Å². The average molecular weight is 548 g/mol. The number of amides is 3. The van der Waals surface area contributed by atoms with Crippen LogP contribution in [-0.2, 0) is 16.1 Å². The molecule has 1 N–H and O–H groups in total. The summed E-state index contributed by atoms with van der Waals surface area (Å²) in [7, 11) is 0. The molecule has 1 heterocycles. The molecule has 0 unspecified atom stereocenters. The Kier molecular flexibility index (Phi) is 8.03. The standard InChI is InChI=1S/C25H17Cl3N2O4S/c26-17-4-1-15(2-5-17)13-30-24(32)22(35-25(30)33)12-16-3-10-21(20(28)11-16)34-14-23(31)29-19-8-6-18(27)7-9-19/h1-12H,13-14H2,(H,29,31)/b22-12-. The summed E-state index contributed by atoms with van der Waals surface area (Å²) in [5.41, 5.74) is 2.00. The molecule has 1 aliphatic rings. The van der Waals surface area contributed by atoms with Gasteiger partial charge >= 0.3 is 0 Å². The van der Waals surface area contributed by atoms with Crippen LogP contribution in [0.25, 0.3) is 6.08 Å². The van der Waals surface area contributed by atoms with Crippen LogP contribution in [-0.4, -0.2) is 28.6 Å². The number of hydrogen-bond acceptors (Lipinski definition) is 5. The molecule has 1 aliphatic heterocycles. The first kappa shape index (κ1) is 25.1. The van der Waals surface area contributed by atoms with Gasteiger partial charge in [-0.1, -0.05) is 53.0 Å². The number of ether oxygens (including phenoxy) is 1. The Morgan fingerprint density at radius 2 is 1.60 bits per heavy atom. The van der Waals surface area contributed by atoms with Gasteiger partial charge in [0.25, 0.3) is 17.1 Å². The zero-order chi connectivity index (χ0) is 24.9. The molecular weight excluding hydrogens is 531 g/mol. The van der Waals surface area contributed by atoms with E-state index in [1.165, 1.54) is 4.90 Å². The van der Waals surface area contributed by atoms with E-state index < -0.39 is 0 Å². The van der Waals surface area contributed by atoms with Crippen molar-refractivity contribution in [2.75, 3.05) is 11.9 Å². The third-order valence-corrected chi connectivity index (χ3v) is 6.57. The van der Waals surface area contributed by atoms with Gasteiger partial charge in [-0.2, -0.15) is 0 Å². The number of rotatable bonds is 7. The van der Waals surface area contributed by atoms with Crippen LogP contribution in [0.4, 0.5) is 10.5 Å². The van der Waals surface area contributed by atoms with Gasteiger partial charge in [0.15, 0.2) is 6.61 Å². The number of anilines is 1. The molecule has 0 aromatic heterocycles. The average Bonchev–Trinajstić information content (AvgIpc) is 3.08. The molecule has 0 aliphatic carbocycles. The van der Waals surface area contributed by atoms with Crippen molar-refractivity contribution in [2.45, 2.75) is 6.54 Å². The highest BCUT2D eigenvalue weighted by molar-refractivity contribution is 8.18. The number of nitrogens with one attached hydrogen (secondary N) is 1. The SMILES string of the molecule is O=C(COc1ccc(/C=C2\SC(=O)N(Cc3ccc(Cl)cc3)C2=O)cc1Cl)Nc1ccc(Cl)cc1. The lowest BCUT2D eigenvalue weighted by Crippen LogP contribution is -2.27. The molecule has 1 fully saturated rings. The fourth-order valence-electron chi connectivity index (χ4n) is 3.16. The van der Waals surface area contributed by atoms with Crippen molar-refractivity contribution < 1.29 is 19.1 Å². The molecule has 10 heteroatoms. The summed E-state index contributed by atoms with van der Waals surface area (Å²) in [6, 6.07) is 18.5. The molecular formula is C25H17Cl3N2O4S. The first-order valence-electron chi connectivity index (χ1n) is 10.3. The second kappa shape index (κ2) is 11.2. The molecule has 0 saturated carbocycles. The number of hydrogen-bond donors (Lipinski definition) is 1. The van der Waals surface area contributed by atoms with Crippen molar-refractivity contribution in [3.63, 3.8) is 0 Å². The number of benzene rings is 3. The topological polar surface area (TPSA) is 75.7 Å². The van der Waals surface area contributed by atoms with Crippen molar-refractivity contribution in [3.05, 3.63) is 97.8 Å². The molecule has 3 amide bonds. The van der Waals surface area contributed by atoms with Crippen LogP contribution in [0, 0.1) is 0 Å². The molecule has 178 valence electrons. The van der Waals surface area contributed by atoms with E-state index in [1.807, 2.05) is 0 Å². The van der Waals surface area contributed by atoms with Gasteiger partial charge in [0, 0.05) is 15.7 Å². The molecule has 0 spiro atoms. The van der Waals surface area contributed by atoms with Gasteiger partial charge in [-0.05, 0) is 77.5 Å². The zero-order valence-corrected chi connectivity index (χ0v) is 21.0. The highest BCUT2D eigenvalue weighted by Crippen LogP contribution is 2.34. The maximum Gasteiger partial charge on any atom is 0.293 e. The first-order chi connectivity index (χ1) is 16.8.